The highest BCUT2D eigenvalue weighted by molar-refractivity contribution is 5.91. The molecule has 0 aliphatic heterocycles. The van der Waals surface area contributed by atoms with Crippen LogP contribution >= 0.6 is 0 Å². The van der Waals surface area contributed by atoms with Gasteiger partial charge in [-0.05, 0) is 18.2 Å². The summed E-state index contributed by atoms with van der Waals surface area (Å²) in [4.78, 5) is 12.8. The predicted octanol–water partition coefficient (Wildman–Crippen LogP) is 4.59. The molecule has 10 heteroatoms. The first-order chi connectivity index (χ1) is 14.4. The van der Waals surface area contributed by atoms with Gasteiger partial charge in [0.2, 0.25) is 0 Å². The molecule has 3 aromatic heterocycles. The number of nitrogens with one attached hydrogen (secondary N) is 1. The quantitative estimate of drug-likeness (QED) is 0.497. The number of alkyl halides is 3. The Morgan fingerprint density at radius 3 is 2.60 bits per heavy atom. The number of pyridine rings is 1. The third-order valence-electron chi connectivity index (χ3n) is 4.40. The normalized spacial score (nSPS) is 11.6. The number of methoxy groups -OCH3 is 1. The van der Waals surface area contributed by atoms with Crippen molar-refractivity contribution >= 4 is 22.4 Å². The van der Waals surface area contributed by atoms with E-state index >= 15 is 0 Å². The van der Waals surface area contributed by atoms with Crippen LogP contribution in [0.5, 0.6) is 5.75 Å². The van der Waals surface area contributed by atoms with Crippen molar-refractivity contribution in [2.75, 3.05) is 12.4 Å². The van der Waals surface area contributed by atoms with Crippen LogP contribution in [0.25, 0.3) is 22.4 Å². The van der Waals surface area contributed by atoms with Crippen molar-refractivity contribution in [3.8, 4) is 17.3 Å². The van der Waals surface area contributed by atoms with Crippen molar-refractivity contribution < 1.29 is 17.9 Å². The SMILES string of the molecule is COc1cnc(-c2nn(CCC(F)(F)F)c3ccccc23)nc1Nc1ccncc1. The smallest absolute Gasteiger partial charge is 0.390 e. The summed E-state index contributed by atoms with van der Waals surface area (Å²) in [6.45, 7) is -0.289. The second kappa shape index (κ2) is 7.97. The van der Waals surface area contributed by atoms with Crippen molar-refractivity contribution in [2.24, 2.45) is 0 Å². The van der Waals surface area contributed by atoms with Gasteiger partial charge in [0.25, 0.3) is 0 Å². The second-order valence-corrected chi connectivity index (χ2v) is 6.43. The highest BCUT2D eigenvalue weighted by atomic mass is 19.4. The summed E-state index contributed by atoms with van der Waals surface area (Å²) in [6, 6.07) is 10.6. The molecule has 0 saturated heterocycles. The lowest BCUT2D eigenvalue weighted by molar-refractivity contribution is -0.137. The van der Waals surface area contributed by atoms with Gasteiger partial charge >= 0.3 is 6.18 Å². The number of aryl methyl sites for hydroxylation is 1. The van der Waals surface area contributed by atoms with Gasteiger partial charge in [0.1, 0.15) is 5.69 Å². The van der Waals surface area contributed by atoms with E-state index in [9.17, 15) is 13.2 Å². The molecule has 0 aliphatic carbocycles. The molecule has 30 heavy (non-hydrogen) atoms. The van der Waals surface area contributed by atoms with Crippen molar-refractivity contribution in [3.05, 3.63) is 55.0 Å². The van der Waals surface area contributed by atoms with E-state index < -0.39 is 12.6 Å². The molecule has 0 unspecified atom stereocenters. The van der Waals surface area contributed by atoms with Gasteiger partial charge in [-0.15, -0.1) is 0 Å². The van der Waals surface area contributed by atoms with Crippen LogP contribution in [0.1, 0.15) is 6.42 Å². The lowest BCUT2D eigenvalue weighted by atomic mass is 10.2. The summed E-state index contributed by atoms with van der Waals surface area (Å²) >= 11 is 0. The summed E-state index contributed by atoms with van der Waals surface area (Å²) < 4.78 is 44.8. The number of hydrogen-bond donors (Lipinski definition) is 1. The number of rotatable bonds is 6. The first-order valence-electron chi connectivity index (χ1n) is 9.05. The van der Waals surface area contributed by atoms with Gasteiger partial charge in [0.05, 0.1) is 31.8 Å². The van der Waals surface area contributed by atoms with E-state index in [4.69, 9.17) is 4.74 Å². The molecule has 0 fully saturated rings. The Morgan fingerprint density at radius 1 is 1.10 bits per heavy atom. The number of ether oxygens (including phenoxy) is 1. The second-order valence-electron chi connectivity index (χ2n) is 6.43. The van der Waals surface area contributed by atoms with Gasteiger partial charge < -0.3 is 10.1 Å². The summed E-state index contributed by atoms with van der Waals surface area (Å²) in [5.41, 5.74) is 1.72. The lowest BCUT2D eigenvalue weighted by Crippen LogP contribution is -2.13. The van der Waals surface area contributed by atoms with E-state index in [1.807, 2.05) is 0 Å². The summed E-state index contributed by atoms with van der Waals surface area (Å²) in [6.07, 6.45) is -0.489. The monoisotopic (exact) mass is 414 g/mol. The fourth-order valence-electron chi connectivity index (χ4n) is 2.99. The first kappa shape index (κ1) is 19.6. The molecule has 7 nitrogen and oxygen atoms in total. The Balaban J connectivity index is 1.75. The zero-order valence-electron chi connectivity index (χ0n) is 15.9. The van der Waals surface area contributed by atoms with Crippen LogP contribution in [0.15, 0.2) is 55.0 Å². The number of hydrogen-bond acceptors (Lipinski definition) is 6. The van der Waals surface area contributed by atoms with Crippen molar-refractivity contribution in [3.63, 3.8) is 0 Å². The molecule has 0 radical (unpaired) electrons. The minimum absolute atomic E-state index is 0.273. The van der Waals surface area contributed by atoms with Gasteiger partial charge in [-0.3, -0.25) is 9.67 Å². The average molecular weight is 414 g/mol. The predicted molar refractivity (Wildman–Crippen MR) is 106 cm³/mol. The van der Waals surface area contributed by atoms with Crippen LogP contribution in [-0.2, 0) is 6.54 Å². The summed E-state index contributed by atoms with van der Waals surface area (Å²) in [5.74, 6) is 1.09. The summed E-state index contributed by atoms with van der Waals surface area (Å²) in [7, 11) is 1.50. The van der Waals surface area contributed by atoms with Crippen LogP contribution in [-0.4, -0.2) is 38.0 Å². The Morgan fingerprint density at radius 2 is 1.87 bits per heavy atom. The van der Waals surface area contributed by atoms with Gasteiger partial charge in [0.15, 0.2) is 17.4 Å². The minimum atomic E-state index is -4.27. The van der Waals surface area contributed by atoms with Gasteiger partial charge in [-0.25, -0.2) is 9.97 Å². The maximum Gasteiger partial charge on any atom is 0.390 e. The fourth-order valence-corrected chi connectivity index (χ4v) is 2.99. The molecule has 154 valence electrons. The number of nitrogens with zero attached hydrogens (tertiary/aromatic N) is 5. The van der Waals surface area contributed by atoms with Crippen molar-refractivity contribution in [2.45, 2.75) is 19.1 Å². The van der Waals surface area contributed by atoms with Gasteiger partial charge in [0, 0.05) is 23.5 Å². The van der Waals surface area contributed by atoms with E-state index in [-0.39, 0.29) is 12.4 Å². The van der Waals surface area contributed by atoms with Crippen molar-refractivity contribution in [1.82, 2.24) is 24.7 Å². The Hall–Kier alpha value is -3.69. The number of halogens is 3. The third kappa shape index (κ3) is 4.17. The zero-order valence-corrected chi connectivity index (χ0v) is 15.9. The van der Waals surface area contributed by atoms with Gasteiger partial charge in [-0.1, -0.05) is 18.2 Å². The highest BCUT2D eigenvalue weighted by Gasteiger charge is 2.27. The molecule has 4 rings (SSSR count). The molecule has 0 bridgehead atoms. The lowest BCUT2D eigenvalue weighted by Gasteiger charge is -2.10. The van der Waals surface area contributed by atoms with E-state index in [1.165, 1.54) is 18.0 Å². The molecule has 0 aliphatic rings. The number of anilines is 2. The van der Waals surface area contributed by atoms with E-state index in [2.05, 4.69) is 25.4 Å². The van der Waals surface area contributed by atoms with Crippen LogP contribution in [0.4, 0.5) is 24.7 Å². The zero-order chi connectivity index (χ0) is 21.1. The van der Waals surface area contributed by atoms with Crippen LogP contribution < -0.4 is 10.1 Å². The Kier molecular flexibility index (Phi) is 5.21. The molecule has 4 aromatic rings. The highest BCUT2D eigenvalue weighted by Crippen LogP contribution is 2.31. The Labute approximate surface area is 169 Å². The molecule has 0 atom stereocenters. The number of aromatic nitrogens is 5. The molecular weight excluding hydrogens is 397 g/mol. The molecule has 0 amide bonds. The molecule has 1 aromatic carbocycles. The van der Waals surface area contributed by atoms with E-state index in [0.717, 1.165) is 5.69 Å². The van der Waals surface area contributed by atoms with E-state index in [1.54, 1.807) is 48.8 Å². The average Bonchev–Trinajstić information content (AvgIpc) is 3.11. The molecule has 0 spiro atoms. The van der Waals surface area contributed by atoms with Gasteiger partial charge in [-0.2, -0.15) is 18.3 Å². The van der Waals surface area contributed by atoms with Crippen molar-refractivity contribution in [1.29, 1.82) is 0 Å². The van der Waals surface area contributed by atoms with Crippen LogP contribution in [0, 0.1) is 0 Å². The minimum Gasteiger partial charge on any atom is -0.491 e. The molecule has 0 saturated carbocycles. The summed E-state index contributed by atoms with van der Waals surface area (Å²) in [5, 5.41) is 8.18. The number of fused-ring (bicyclic) bond motifs is 1. The number of para-hydroxylation sites is 1. The number of benzene rings is 1. The third-order valence-corrected chi connectivity index (χ3v) is 4.40. The van der Waals surface area contributed by atoms with Crippen LogP contribution in [0.2, 0.25) is 0 Å². The molecule has 1 N–H and O–H groups in total. The Bertz CT molecular complexity index is 1160. The fraction of sp³-hybridized carbons (Fsp3) is 0.200. The van der Waals surface area contributed by atoms with Crippen LogP contribution in [0.3, 0.4) is 0 Å². The topological polar surface area (TPSA) is 77.8 Å². The standard InChI is InChI=1S/C20H17F3N6O/c1-30-16-12-25-19(27-18(16)26-13-6-9-24-10-7-13)17-14-4-2-3-5-15(14)29(28-17)11-8-20(21,22)23/h2-7,9-10,12H,8,11H2,1H3,(H,24,25,26,27). The maximum absolute atomic E-state index is 12.7. The maximum atomic E-state index is 12.7. The molecular formula is C20H17F3N6O. The van der Waals surface area contributed by atoms with E-state index in [0.29, 0.717) is 28.2 Å². The largest absolute Gasteiger partial charge is 0.491 e. The molecule has 3 heterocycles. The first-order valence-corrected chi connectivity index (χ1v) is 9.05.